The van der Waals surface area contributed by atoms with E-state index in [1.807, 2.05) is 0 Å². The summed E-state index contributed by atoms with van der Waals surface area (Å²) in [5, 5.41) is 0. The summed E-state index contributed by atoms with van der Waals surface area (Å²) < 4.78 is 10.5. The van der Waals surface area contributed by atoms with Crippen LogP contribution in [0.4, 0.5) is 0 Å². The van der Waals surface area contributed by atoms with Crippen molar-refractivity contribution in [3.63, 3.8) is 0 Å². The molecule has 3 aliphatic rings. The van der Waals surface area contributed by atoms with Crippen molar-refractivity contribution < 1.29 is 42.2 Å². The summed E-state index contributed by atoms with van der Waals surface area (Å²) in [4.78, 5) is 0. The summed E-state index contributed by atoms with van der Waals surface area (Å²) in [7, 11) is 0. The van der Waals surface area contributed by atoms with Crippen molar-refractivity contribution in [2.75, 3.05) is 13.2 Å². The molecule has 0 amide bonds. The third-order valence-electron chi connectivity index (χ3n) is 2.10. The largest absolute Gasteiger partial charge is 0.521 e. The standard InChI is InChI=1S/C7H11O2.Y/c1-7-3-2-6(8-4-7)9-5-7;/h2-5H2,1H3;/q-1;. The number of hydrogen-bond acceptors (Lipinski definition) is 2. The predicted octanol–water partition coefficient (Wildman–Crippen LogP) is 1.32. The number of rotatable bonds is 0. The minimum Gasteiger partial charge on any atom is -0.521 e. The molecule has 2 nitrogen and oxygen atoms in total. The molecule has 2 bridgehead atoms. The number of fused-ring (bicyclic) bond motifs is 3. The molecule has 0 aromatic carbocycles. The topological polar surface area (TPSA) is 18.5 Å². The van der Waals surface area contributed by atoms with E-state index in [4.69, 9.17) is 9.47 Å². The van der Waals surface area contributed by atoms with E-state index in [0.717, 1.165) is 25.9 Å². The minimum absolute atomic E-state index is 0. The van der Waals surface area contributed by atoms with Crippen molar-refractivity contribution in [3.8, 4) is 0 Å². The van der Waals surface area contributed by atoms with Crippen LogP contribution in [0.1, 0.15) is 19.8 Å². The second kappa shape index (κ2) is 3.18. The van der Waals surface area contributed by atoms with Gasteiger partial charge in [-0.15, -0.1) is 6.42 Å². The van der Waals surface area contributed by atoms with Crippen LogP contribution in [0.5, 0.6) is 0 Å². The second-order valence-electron chi connectivity index (χ2n) is 3.26. The number of hydrogen-bond donors (Lipinski definition) is 0. The van der Waals surface area contributed by atoms with Gasteiger partial charge in [-0.1, -0.05) is 19.6 Å². The zero-order valence-electron chi connectivity index (χ0n) is 6.22. The Morgan fingerprint density at radius 3 is 2.10 bits per heavy atom. The Balaban J connectivity index is 0.000000500. The van der Waals surface area contributed by atoms with Crippen molar-refractivity contribution in [2.24, 2.45) is 5.41 Å². The third kappa shape index (κ3) is 1.61. The summed E-state index contributed by atoms with van der Waals surface area (Å²) in [5.41, 5.74) is 0.321. The van der Waals surface area contributed by atoms with Crippen molar-refractivity contribution in [2.45, 2.75) is 19.8 Å². The van der Waals surface area contributed by atoms with Crippen LogP contribution in [0.3, 0.4) is 0 Å². The van der Waals surface area contributed by atoms with Gasteiger partial charge >= 0.3 is 0 Å². The molecule has 10 heavy (non-hydrogen) atoms. The molecule has 3 saturated heterocycles. The van der Waals surface area contributed by atoms with E-state index in [9.17, 15) is 0 Å². The van der Waals surface area contributed by atoms with Crippen LogP contribution >= 0.6 is 0 Å². The maximum atomic E-state index is 5.27. The molecule has 0 saturated carbocycles. The van der Waals surface area contributed by atoms with Crippen LogP contribution in [0, 0.1) is 11.7 Å². The predicted molar refractivity (Wildman–Crippen MR) is 32.5 cm³/mol. The molecule has 3 aliphatic heterocycles. The number of ether oxygens (including phenoxy) is 2. The quantitative estimate of drug-likeness (QED) is 0.568. The third-order valence-corrected chi connectivity index (χ3v) is 2.10. The Kier molecular flexibility index (Phi) is 2.90. The van der Waals surface area contributed by atoms with Gasteiger partial charge < -0.3 is 9.47 Å². The van der Waals surface area contributed by atoms with E-state index in [2.05, 4.69) is 6.92 Å². The molecule has 0 unspecified atom stereocenters. The molecule has 1 radical (unpaired) electrons. The fourth-order valence-corrected chi connectivity index (χ4v) is 1.29. The molecule has 0 aromatic heterocycles. The van der Waals surface area contributed by atoms with E-state index in [0.29, 0.717) is 5.41 Å². The van der Waals surface area contributed by atoms with E-state index in [1.54, 1.807) is 0 Å². The van der Waals surface area contributed by atoms with E-state index >= 15 is 0 Å². The Morgan fingerprint density at radius 1 is 1.30 bits per heavy atom. The SMILES string of the molecule is CC12CC[C-](OC1)OC2.[Y]. The Morgan fingerprint density at radius 2 is 1.90 bits per heavy atom. The molecule has 0 aliphatic carbocycles. The summed E-state index contributed by atoms with van der Waals surface area (Å²) in [6.07, 6.45) is 3.11. The molecule has 0 atom stereocenters. The smallest absolute Gasteiger partial charge is 0.0209 e. The molecule has 0 aromatic rings. The average molecular weight is 216 g/mol. The van der Waals surface area contributed by atoms with Gasteiger partial charge in [0.05, 0.1) is 0 Å². The zero-order valence-corrected chi connectivity index (χ0v) is 9.06. The van der Waals surface area contributed by atoms with Crippen LogP contribution in [0.15, 0.2) is 0 Å². The molecule has 55 valence electrons. The van der Waals surface area contributed by atoms with Gasteiger partial charge in [0.1, 0.15) is 0 Å². The molecule has 3 fully saturated rings. The first-order valence-corrected chi connectivity index (χ1v) is 3.40. The van der Waals surface area contributed by atoms with Gasteiger partial charge in [-0.05, 0) is 0 Å². The first-order valence-electron chi connectivity index (χ1n) is 3.40. The van der Waals surface area contributed by atoms with Gasteiger partial charge in [0.25, 0.3) is 0 Å². The van der Waals surface area contributed by atoms with Gasteiger partial charge in [-0.2, -0.15) is 0 Å². The van der Waals surface area contributed by atoms with Crippen LogP contribution in [0.25, 0.3) is 0 Å². The fourth-order valence-electron chi connectivity index (χ4n) is 1.29. The first kappa shape index (κ1) is 9.11. The van der Waals surface area contributed by atoms with Gasteiger partial charge in [-0.25, -0.2) is 0 Å². The van der Waals surface area contributed by atoms with E-state index in [-0.39, 0.29) is 32.7 Å². The van der Waals surface area contributed by atoms with Crippen LogP contribution in [0.2, 0.25) is 0 Å². The maximum absolute atomic E-state index is 5.27. The monoisotopic (exact) mass is 216 g/mol. The maximum Gasteiger partial charge on any atom is 0.0209 e. The molecule has 0 spiro atoms. The van der Waals surface area contributed by atoms with Crippen molar-refractivity contribution in [3.05, 3.63) is 6.29 Å². The summed E-state index contributed by atoms with van der Waals surface area (Å²) in [5.74, 6) is 0. The van der Waals surface area contributed by atoms with Gasteiger partial charge in [0.2, 0.25) is 0 Å². The van der Waals surface area contributed by atoms with Gasteiger partial charge in [0, 0.05) is 51.3 Å². The molecular weight excluding hydrogens is 205 g/mol. The molecule has 3 heteroatoms. The van der Waals surface area contributed by atoms with Gasteiger partial charge in [-0.3, -0.25) is 0 Å². The van der Waals surface area contributed by atoms with Gasteiger partial charge in [0.15, 0.2) is 0 Å². The fraction of sp³-hybridized carbons (Fsp3) is 0.857. The molecule has 3 rings (SSSR count). The molecule has 0 N–H and O–H groups in total. The summed E-state index contributed by atoms with van der Waals surface area (Å²) in [6.45, 7) is 3.94. The van der Waals surface area contributed by atoms with Crippen molar-refractivity contribution in [1.82, 2.24) is 0 Å². The first-order chi connectivity index (χ1) is 4.29. The minimum atomic E-state index is 0. The normalized spacial score (nSPS) is 29.7. The Labute approximate surface area is 86.5 Å². The van der Waals surface area contributed by atoms with E-state index < -0.39 is 0 Å². The van der Waals surface area contributed by atoms with Crippen LogP contribution in [-0.4, -0.2) is 13.2 Å². The Hall–Kier alpha value is 1.02. The molecular formula is C7H11O2Y-. The molecule has 3 heterocycles. The Bertz CT molecular complexity index is 105. The van der Waals surface area contributed by atoms with E-state index in [1.165, 1.54) is 6.42 Å². The summed E-state index contributed by atoms with van der Waals surface area (Å²) in [6, 6.07) is 0. The van der Waals surface area contributed by atoms with Crippen molar-refractivity contribution >= 4 is 0 Å². The average Bonchev–Trinajstić information content (AvgIpc) is 1.90. The summed E-state index contributed by atoms with van der Waals surface area (Å²) >= 11 is 0. The van der Waals surface area contributed by atoms with Crippen molar-refractivity contribution in [1.29, 1.82) is 0 Å². The van der Waals surface area contributed by atoms with Crippen LogP contribution in [-0.2, 0) is 42.2 Å². The van der Waals surface area contributed by atoms with Crippen LogP contribution < -0.4 is 0 Å². The second-order valence-corrected chi connectivity index (χ2v) is 3.26. The zero-order chi connectivity index (χ0) is 6.32.